The molecule has 0 bridgehead atoms. The van der Waals surface area contributed by atoms with Gasteiger partial charge in [-0.25, -0.2) is 4.39 Å². The third-order valence-corrected chi connectivity index (χ3v) is 2.50. The third kappa shape index (κ3) is 2.75. The summed E-state index contributed by atoms with van der Waals surface area (Å²) in [6.45, 7) is -0.380. The zero-order valence-corrected chi connectivity index (χ0v) is 7.07. The van der Waals surface area contributed by atoms with Gasteiger partial charge in [-0.05, 0) is 32.7 Å². The van der Waals surface area contributed by atoms with Gasteiger partial charge in [-0.1, -0.05) is 0 Å². The minimum Gasteiger partial charge on any atom is -0.317 e. The van der Waals surface area contributed by atoms with Gasteiger partial charge in [0, 0.05) is 12.1 Å². The molecule has 1 rings (SSSR count). The van der Waals surface area contributed by atoms with Crippen LogP contribution >= 0.6 is 0 Å². The maximum atomic E-state index is 11.8. The summed E-state index contributed by atoms with van der Waals surface area (Å²) < 4.78 is 11.8. The first-order valence-corrected chi connectivity index (χ1v) is 4.33. The first kappa shape index (κ1) is 8.94. The standard InChI is InChI=1S/C8H17FN2/c1-10-7-2-4-8(5-3-7)11-6-9/h7-8,10-11H,2-6H2,1H3. The highest BCUT2D eigenvalue weighted by Crippen LogP contribution is 2.17. The van der Waals surface area contributed by atoms with Crippen molar-refractivity contribution in [1.82, 2.24) is 10.6 Å². The Bertz CT molecular complexity index is 100. The summed E-state index contributed by atoms with van der Waals surface area (Å²) in [6.07, 6.45) is 4.56. The maximum absolute atomic E-state index is 11.8. The van der Waals surface area contributed by atoms with Gasteiger partial charge in [0.15, 0.2) is 0 Å². The average molecular weight is 160 g/mol. The van der Waals surface area contributed by atoms with Crippen LogP contribution in [0.4, 0.5) is 4.39 Å². The van der Waals surface area contributed by atoms with Crippen molar-refractivity contribution in [1.29, 1.82) is 0 Å². The Morgan fingerprint density at radius 3 is 2.18 bits per heavy atom. The van der Waals surface area contributed by atoms with Gasteiger partial charge in [-0.15, -0.1) is 0 Å². The number of alkyl halides is 1. The van der Waals surface area contributed by atoms with Crippen molar-refractivity contribution in [2.24, 2.45) is 0 Å². The van der Waals surface area contributed by atoms with Crippen LogP contribution in [0, 0.1) is 0 Å². The Morgan fingerprint density at radius 2 is 1.73 bits per heavy atom. The van der Waals surface area contributed by atoms with Crippen LogP contribution in [0.5, 0.6) is 0 Å². The molecule has 0 radical (unpaired) electrons. The zero-order chi connectivity index (χ0) is 8.10. The Morgan fingerprint density at radius 1 is 1.18 bits per heavy atom. The van der Waals surface area contributed by atoms with Crippen molar-refractivity contribution in [2.45, 2.75) is 37.8 Å². The number of rotatable bonds is 3. The van der Waals surface area contributed by atoms with E-state index in [1.54, 1.807) is 0 Å². The van der Waals surface area contributed by atoms with Crippen LogP contribution in [0.1, 0.15) is 25.7 Å². The quantitative estimate of drug-likeness (QED) is 0.603. The smallest absolute Gasteiger partial charge is 0.140 e. The van der Waals surface area contributed by atoms with Crippen molar-refractivity contribution in [3.05, 3.63) is 0 Å². The van der Waals surface area contributed by atoms with Gasteiger partial charge < -0.3 is 5.32 Å². The van der Waals surface area contributed by atoms with Crippen molar-refractivity contribution >= 4 is 0 Å². The molecule has 0 heterocycles. The Kier molecular flexibility index (Phi) is 3.80. The van der Waals surface area contributed by atoms with E-state index in [-0.39, 0.29) is 6.80 Å². The van der Waals surface area contributed by atoms with Crippen LogP contribution < -0.4 is 10.6 Å². The van der Waals surface area contributed by atoms with Gasteiger partial charge in [0.1, 0.15) is 6.80 Å². The topological polar surface area (TPSA) is 24.1 Å². The molecule has 2 nitrogen and oxygen atoms in total. The predicted octanol–water partition coefficient (Wildman–Crippen LogP) is 1.03. The van der Waals surface area contributed by atoms with Gasteiger partial charge in [-0.3, -0.25) is 5.32 Å². The molecule has 0 aromatic rings. The lowest BCUT2D eigenvalue weighted by Gasteiger charge is -2.27. The molecule has 1 saturated carbocycles. The van der Waals surface area contributed by atoms with E-state index in [4.69, 9.17) is 0 Å². The summed E-state index contributed by atoms with van der Waals surface area (Å²) in [4.78, 5) is 0. The average Bonchev–Trinajstić information content (AvgIpc) is 2.07. The molecular formula is C8H17FN2. The lowest BCUT2D eigenvalue weighted by molar-refractivity contribution is 0.285. The summed E-state index contributed by atoms with van der Waals surface area (Å²) in [5.74, 6) is 0. The lowest BCUT2D eigenvalue weighted by atomic mass is 9.91. The highest BCUT2D eigenvalue weighted by atomic mass is 19.1. The molecule has 11 heavy (non-hydrogen) atoms. The monoisotopic (exact) mass is 160 g/mol. The first-order valence-electron chi connectivity index (χ1n) is 4.33. The molecule has 0 atom stereocenters. The van der Waals surface area contributed by atoms with Crippen molar-refractivity contribution < 1.29 is 4.39 Å². The van der Waals surface area contributed by atoms with Crippen LogP contribution in [0.3, 0.4) is 0 Å². The molecule has 1 fully saturated rings. The molecule has 0 aromatic carbocycles. The molecule has 0 saturated heterocycles. The van der Waals surface area contributed by atoms with Gasteiger partial charge in [0.2, 0.25) is 0 Å². The minimum atomic E-state index is -0.380. The summed E-state index contributed by atoms with van der Waals surface area (Å²) in [5.41, 5.74) is 0. The fourth-order valence-electron chi connectivity index (χ4n) is 1.70. The van der Waals surface area contributed by atoms with E-state index in [9.17, 15) is 4.39 Å². The van der Waals surface area contributed by atoms with E-state index < -0.39 is 0 Å². The number of hydrogen-bond donors (Lipinski definition) is 2. The van der Waals surface area contributed by atoms with Crippen molar-refractivity contribution in [3.8, 4) is 0 Å². The highest BCUT2D eigenvalue weighted by Gasteiger charge is 2.18. The van der Waals surface area contributed by atoms with Gasteiger partial charge in [0.05, 0.1) is 0 Å². The Labute approximate surface area is 67.6 Å². The molecule has 0 aliphatic heterocycles. The van der Waals surface area contributed by atoms with E-state index in [2.05, 4.69) is 10.6 Å². The number of nitrogens with one attached hydrogen (secondary N) is 2. The predicted molar refractivity (Wildman–Crippen MR) is 44.2 cm³/mol. The second-order valence-corrected chi connectivity index (χ2v) is 3.17. The van der Waals surface area contributed by atoms with Crippen LogP contribution in [0.2, 0.25) is 0 Å². The molecule has 0 amide bonds. The van der Waals surface area contributed by atoms with E-state index in [1.807, 2.05) is 7.05 Å². The van der Waals surface area contributed by atoms with Crippen LogP contribution in [-0.2, 0) is 0 Å². The van der Waals surface area contributed by atoms with E-state index in [1.165, 1.54) is 12.8 Å². The fraction of sp³-hybridized carbons (Fsp3) is 1.00. The normalized spacial score (nSPS) is 32.2. The summed E-state index contributed by atoms with van der Waals surface area (Å²) >= 11 is 0. The van der Waals surface area contributed by atoms with E-state index in [0.29, 0.717) is 12.1 Å². The van der Waals surface area contributed by atoms with Crippen molar-refractivity contribution in [2.75, 3.05) is 13.8 Å². The molecule has 2 N–H and O–H groups in total. The Hall–Kier alpha value is -0.150. The second kappa shape index (κ2) is 4.67. The van der Waals surface area contributed by atoms with Crippen LogP contribution in [-0.4, -0.2) is 25.9 Å². The van der Waals surface area contributed by atoms with Gasteiger partial charge in [0.25, 0.3) is 0 Å². The molecule has 0 unspecified atom stereocenters. The van der Waals surface area contributed by atoms with Gasteiger partial charge >= 0.3 is 0 Å². The summed E-state index contributed by atoms with van der Waals surface area (Å²) in [5, 5.41) is 6.08. The molecule has 1 aliphatic rings. The minimum absolute atomic E-state index is 0.380. The third-order valence-electron chi connectivity index (χ3n) is 2.50. The van der Waals surface area contributed by atoms with Crippen LogP contribution in [0.25, 0.3) is 0 Å². The number of halogens is 1. The lowest BCUT2D eigenvalue weighted by Crippen LogP contribution is -2.38. The maximum Gasteiger partial charge on any atom is 0.140 e. The Balaban J connectivity index is 2.14. The van der Waals surface area contributed by atoms with Crippen molar-refractivity contribution in [3.63, 3.8) is 0 Å². The zero-order valence-electron chi connectivity index (χ0n) is 7.07. The molecule has 0 spiro atoms. The highest BCUT2D eigenvalue weighted by molar-refractivity contribution is 4.79. The van der Waals surface area contributed by atoms with E-state index >= 15 is 0 Å². The largest absolute Gasteiger partial charge is 0.317 e. The van der Waals surface area contributed by atoms with Crippen LogP contribution in [0.15, 0.2) is 0 Å². The molecule has 0 aromatic heterocycles. The first-order chi connectivity index (χ1) is 5.36. The molecule has 3 heteroatoms. The fourth-order valence-corrected chi connectivity index (χ4v) is 1.70. The van der Waals surface area contributed by atoms with Gasteiger partial charge in [-0.2, -0.15) is 0 Å². The van der Waals surface area contributed by atoms with E-state index in [0.717, 1.165) is 12.8 Å². The molecule has 1 aliphatic carbocycles. The summed E-state index contributed by atoms with van der Waals surface area (Å²) in [7, 11) is 1.99. The second-order valence-electron chi connectivity index (χ2n) is 3.17. The number of hydrogen-bond acceptors (Lipinski definition) is 2. The summed E-state index contributed by atoms with van der Waals surface area (Å²) in [6, 6.07) is 1.08. The molecular weight excluding hydrogens is 143 g/mol. The SMILES string of the molecule is CNC1CCC(NCF)CC1. The molecule has 66 valence electrons.